The molecule has 1 heterocycles. The predicted octanol–water partition coefficient (Wildman–Crippen LogP) is 3.06. The summed E-state index contributed by atoms with van der Waals surface area (Å²) in [6.07, 6.45) is -0.723. The van der Waals surface area contributed by atoms with Crippen LogP contribution >= 0.6 is 0 Å². The fourth-order valence-electron chi connectivity index (χ4n) is 3.36. The standard InChI is InChI=1S/C14H22F3N3O/c1-18-12(13-11(21-3)8-19-20(13)2)9-5-4-6-10(7-9)14(15,16)17/h8-10,12,18H,4-7H2,1-3H3. The van der Waals surface area contributed by atoms with Crippen LogP contribution in [0.25, 0.3) is 0 Å². The lowest BCUT2D eigenvalue weighted by Gasteiger charge is -2.35. The molecule has 0 aromatic carbocycles. The maximum absolute atomic E-state index is 13.0. The predicted molar refractivity (Wildman–Crippen MR) is 73.1 cm³/mol. The van der Waals surface area contributed by atoms with Gasteiger partial charge in [-0.05, 0) is 32.2 Å². The zero-order valence-corrected chi connectivity index (χ0v) is 12.6. The van der Waals surface area contributed by atoms with Crippen LogP contribution in [0.4, 0.5) is 13.2 Å². The van der Waals surface area contributed by atoms with Gasteiger partial charge in [0.05, 0.1) is 31.0 Å². The second-order valence-corrected chi connectivity index (χ2v) is 5.65. The van der Waals surface area contributed by atoms with Crippen molar-refractivity contribution >= 4 is 0 Å². The number of rotatable bonds is 4. The fraction of sp³-hybridized carbons (Fsp3) is 0.786. The van der Waals surface area contributed by atoms with Gasteiger partial charge in [-0.15, -0.1) is 0 Å². The van der Waals surface area contributed by atoms with Crippen molar-refractivity contribution in [2.24, 2.45) is 18.9 Å². The van der Waals surface area contributed by atoms with Gasteiger partial charge in [-0.2, -0.15) is 18.3 Å². The minimum Gasteiger partial charge on any atom is -0.493 e. The summed E-state index contributed by atoms with van der Waals surface area (Å²) in [6, 6.07) is -0.183. The second kappa shape index (κ2) is 6.25. The van der Waals surface area contributed by atoms with Crippen molar-refractivity contribution in [3.8, 4) is 5.75 Å². The van der Waals surface area contributed by atoms with Crippen LogP contribution < -0.4 is 10.1 Å². The molecule has 0 bridgehead atoms. The van der Waals surface area contributed by atoms with E-state index >= 15 is 0 Å². The third-order valence-electron chi connectivity index (χ3n) is 4.42. The topological polar surface area (TPSA) is 39.1 Å². The number of halogens is 3. The van der Waals surface area contributed by atoms with E-state index in [1.165, 1.54) is 0 Å². The van der Waals surface area contributed by atoms with E-state index in [-0.39, 0.29) is 24.8 Å². The summed E-state index contributed by atoms with van der Waals surface area (Å²) in [5, 5.41) is 7.30. The Bertz CT molecular complexity index is 473. The summed E-state index contributed by atoms with van der Waals surface area (Å²) < 4.78 is 45.9. The van der Waals surface area contributed by atoms with Gasteiger partial charge in [-0.25, -0.2) is 0 Å². The molecule has 1 aliphatic carbocycles. The Hall–Kier alpha value is -1.24. The monoisotopic (exact) mass is 305 g/mol. The molecule has 0 aliphatic heterocycles. The molecule has 1 fully saturated rings. The van der Waals surface area contributed by atoms with Gasteiger partial charge < -0.3 is 10.1 Å². The fourth-order valence-corrected chi connectivity index (χ4v) is 3.36. The SMILES string of the molecule is CNC(c1c(OC)cnn1C)C1CCCC(C(F)(F)F)C1. The number of nitrogens with one attached hydrogen (secondary N) is 1. The maximum Gasteiger partial charge on any atom is 0.391 e. The van der Waals surface area contributed by atoms with E-state index in [9.17, 15) is 13.2 Å². The lowest BCUT2D eigenvalue weighted by atomic mass is 9.76. The highest BCUT2D eigenvalue weighted by Gasteiger charge is 2.44. The highest BCUT2D eigenvalue weighted by Crippen LogP contribution is 2.44. The van der Waals surface area contributed by atoms with Gasteiger partial charge in [0.1, 0.15) is 0 Å². The summed E-state index contributed by atoms with van der Waals surface area (Å²) >= 11 is 0. The van der Waals surface area contributed by atoms with Crippen molar-refractivity contribution in [3.05, 3.63) is 11.9 Å². The summed E-state index contributed by atoms with van der Waals surface area (Å²) in [7, 11) is 5.10. The third-order valence-corrected chi connectivity index (χ3v) is 4.42. The Morgan fingerprint density at radius 3 is 2.71 bits per heavy atom. The molecule has 0 radical (unpaired) electrons. The van der Waals surface area contributed by atoms with Crippen LogP contribution in [0.3, 0.4) is 0 Å². The molecular formula is C14H22F3N3O. The Kier molecular flexibility index (Phi) is 4.81. The zero-order chi connectivity index (χ0) is 15.6. The van der Waals surface area contributed by atoms with Crippen molar-refractivity contribution in [1.82, 2.24) is 15.1 Å². The highest BCUT2D eigenvalue weighted by molar-refractivity contribution is 5.28. The molecule has 0 spiro atoms. The third kappa shape index (κ3) is 3.33. The molecule has 2 rings (SSSR count). The van der Waals surface area contributed by atoms with Gasteiger partial charge in [0, 0.05) is 7.05 Å². The van der Waals surface area contributed by atoms with Crippen LogP contribution in [0.2, 0.25) is 0 Å². The molecule has 1 aromatic heterocycles. The number of aromatic nitrogens is 2. The largest absolute Gasteiger partial charge is 0.493 e. The van der Waals surface area contributed by atoms with E-state index in [1.54, 1.807) is 32.1 Å². The van der Waals surface area contributed by atoms with Crippen LogP contribution in [0.15, 0.2) is 6.20 Å². The summed E-state index contributed by atoms with van der Waals surface area (Å²) in [6.45, 7) is 0. The van der Waals surface area contributed by atoms with E-state index in [0.717, 1.165) is 12.1 Å². The Balaban J connectivity index is 2.23. The number of hydrogen-bond donors (Lipinski definition) is 1. The van der Waals surface area contributed by atoms with Gasteiger partial charge in [0.15, 0.2) is 5.75 Å². The first kappa shape index (κ1) is 16.1. The molecule has 0 saturated heterocycles. The summed E-state index contributed by atoms with van der Waals surface area (Å²) in [5.74, 6) is -0.656. The first-order chi connectivity index (χ1) is 9.88. The van der Waals surface area contributed by atoms with Gasteiger partial charge in [-0.1, -0.05) is 6.42 Å². The van der Waals surface area contributed by atoms with E-state index in [4.69, 9.17) is 4.74 Å². The van der Waals surface area contributed by atoms with E-state index < -0.39 is 12.1 Å². The smallest absolute Gasteiger partial charge is 0.391 e. The summed E-state index contributed by atoms with van der Waals surface area (Å²) in [4.78, 5) is 0. The Labute approximate surface area is 122 Å². The number of ether oxygens (including phenoxy) is 1. The number of methoxy groups -OCH3 is 1. The second-order valence-electron chi connectivity index (χ2n) is 5.65. The van der Waals surface area contributed by atoms with E-state index in [1.807, 2.05) is 0 Å². The average Bonchev–Trinajstić information content (AvgIpc) is 2.81. The molecule has 120 valence electrons. The van der Waals surface area contributed by atoms with Crippen LogP contribution in [0, 0.1) is 11.8 Å². The lowest BCUT2D eigenvalue weighted by molar-refractivity contribution is -0.186. The minimum atomic E-state index is -4.10. The molecule has 1 aromatic rings. The van der Waals surface area contributed by atoms with Crippen molar-refractivity contribution < 1.29 is 17.9 Å². The van der Waals surface area contributed by atoms with Crippen molar-refractivity contribution in [2.75, 3.05) is 14.2 Å². The van der Waals surface area contributed by atoms with Crippen molar-refractivity contribution in [2.45, 2.75) is 37.9 Å². The normalized spacial score (nSPS) is 24.9. The van der Waals surface area contributed by atoms with Crippen LogP contribution in [-0.2, 0) is 7.05 Å². The molecular weight excluding hydrogens is 283 g/mol. The van der Waals surface area contributed by atoms with Crippen molar-refractivity contribution in [1.29, 1.82) is 0 Å². The van der Waals surface area contributed by atoms with E-state index in [2.05, 4.69) is 10.4 Å². The molecule has 4 nitrogen and oxygen atoms in total. The number of alkyl halides is 3. The quantitative estimate of drug-likeness (QED) is 0.929. The van der Waals surface area contributed by atoms with Crippen molar-refractivity contribution in [3.63, 3.8) is 0 Å². The number of nitrogens with zero attached hydrogens (tertiary/aromatic N) is 2. The number of hydrogen-bond acceptors (Lipinski definition) is 3. The average molecular weight is 305 g/mol. The first-order valence-corrected chi connectivity index (χ1v) is 7.18. The van der Waals surface area contributed by atoms with Gasteiger partial charge >= 0.3 is 6.18 Å². The molecule has 3 atom stereocenters. The Morgan fingerprint density at radius 2 is 2.14 bits per heavy atom. The molecule has 1 aliphatic rings. The van der Waals surface area contributed by atoms with Crippen LogP contribution in [-0.4, -0.2) is 30.1 Å². The summed E-state index contributed by atoms with van der Waals surface area (Å²) in [5.41, 5.74) is 0.813. The Morgan fingerprint density at radius 1 is 1.43 bits per heavy atom. The molecule has 1 N–H and O–H groups in total. The van der Waals surface area contributed by atoms with Gasteiger partial charge in [-0.3, -0.25) is 4.68 Å². The lowest BCUT2D eigenvalue weighted by Crippen LogP contribution is -2.35. The minimum absolute atomic E-state index is 0.0697. The first-order valence-electron chi connectivity index (χ1n) is 7.18. The molecule has 1 saturated carbocycles. The number of aryl methyl sites for hydroxylation is 1. The zero-order valence-electron chi connectivity index (χ0n) is 12.6. The molecule has 7 heteroatoms. The van der Waals surface area contributed by atoms with Gasteiger partial charge in [0.2, 0.25) is 0 Å². The maximum atomic E-state index is 13.0. The van der Waals surface area contributed by atoms with Crippen LogP contribution in [0.5, 0.6) is 5.75 Å². The molecule has 21 heavy (non-hydrogen) atoms. The van der Waals surface area contributed by atoms with Crippen LogP contribution in [0.1, 0.15) is 37.4 Å². The van der Waals surface area contributed by atoms with Gasteiger partial charge in [0.25, 0.3) is 0 Å². The highest BCUT2D eigenvalue weighted by atomic mass is 19.4. The molecule has 0 amide bonds. The van der Waals surface area contributed by atoms with E-state index in [0.29, 0.717) is 12.2 Å². The molecule has 3 unspecified atom stereocenters.